The first-order valence-corrected chi connectivity index (χ1v) is 6.54. The third kappa shape index (κ3) is 2.85. The molecule has 0 amide bonds. The monoisotopic (exact) mass is 260 g/mol. The van der Waals surface area contributed by atoms with Crippen LogP contribution in [-0.2, 0) is 5.88 Å². The summed E-state index contributed by atoms with van der Waals surface area (Å²) >= 11 is 5.84. The van der Waals surface area contributed by atoms with Gasteiger partial charge in [-0.25, -0.2) is 0 Å². The van der Waals surface area contributed by atoms with Crippen molar-refractivity contribution in [1.29, 1.82) is 0 Å². The zero-order valence-corrected chi connectivity index (χ0v) is 11.7. The van der Waals surface area contributed by atoms with Crippen molar-refractivity contribution in [3.8, 4) is 11.5 Å². The summed E-state index contributed by atoms with van der Waals surface area (Å²) in [5, 5.41) is 0. The Balaban J connectivity index is 2.30. The molecule has 0 aromatic heterocycles. The molecule has 0 unspecified atom stereocenters. The molecule has 0 aliphatic rings. The molecule has 0 spiro atoms. The van der Waals surface area contributed by atoms with Crippen LogP contribution in [0.25, 0.3) is 0 Å². The van der Waals surface area contributed by atoms with E-state index in [4.69, 9.17) is 16.3 Å². The minimum atomic E-state index is 0.504. The summed E-state index contributed by atoms with van der Waals surface area (Å²) in [6.45, 7) is 6.22. The molecule has 2 aromatic rings. The average molecular weight is 261 g/mol. The number of alkyl halides is 1. The summed E-state index contributed by atoms with van der Waals surface area (Å²) in [4.78, 5) is 0. The lowest BCUT2D eigenvalue weighted by Crippen LogP contribution is -1.91. The fourth-order valence-electron chi connectivity index (χ4n) is 1.74. The summed E-state index contributed by atoms with van der Waals surface area (Å²) in [6, 6.07) is 12.2. The van der Waals surface area contributed by atoms with Gasteiger partial charge in [0, 0.05) is 5.88 Å². The lowest BCUT2D eigenvalue weighted by Gasteiger charge is -2.11. The summed E-state index contributed by atoms with van der Waals surface area (Å²) in [7, 11) is 0. The Morgan fingerprint density at radius 3 is 2.28 bits per heavy atom. The van der Waals surface area contributed by atoms with Gasteiger partial charge in [0.25, 0.3) is 0 Å². The molecule has 0 saturated heterocycles. The third-order valence-corrected chi connectivity index (χ3v) is 3.42. The smallest absolute Gasteiger partial charge is 0.130 e. The standard InChI is InChI=1S/C16H17ClO/c1-11-5-7-15(8-13(11)3)18-16-9-14(10-17)6-4-12(16)2/h4-9H,10H2,1-3H3. The van der Waals surface area contributed by atoms with Gasteiger partial charge in [-0.1, -0.05) is 18.2 Å². The lowest BCUT2D eigenvalue weighted by molar-refractivity contribution is 0.478. The second kappa shape index (κ2) is 5.45. The van der Waals surface area contributed by atoms with Crippen LogP contribution >= 0.6 is 11.6 Å². The molecule has 0 radical (unpaired) electrons. The van der Waals surface area contributed by atoms with E-state index in [1.54, 1.807) is 0 Å². The molecule has 1 nitrogen and oxygen atoms in total. The Labute approximate surface area is 113 Å². The molecule has 94 valence electrons. The van der Waals surface area contributed by atoms with Crippen LogP contribution in [0.2, 0.25) is 0 Å². The summed E-state index contributed by atoms with van der Waals surface area (Å²) in [6.07, 6.45) is 0. The molecule has 0 aliphatic heterocycles. The number of benzene rings is 2. The molecule has 2 aromatic carbocycles. The predicted octanol–water partition coefficient (Wildman–Crippen LogP) is 5.14. The van der Waals surface area contributed by atoms with Crippen molar-refractivity contribution < 1.29 is 4.74 Å². The molecular formula is C16H17ClO. The lowest BCUT2D eigenvalue weighted by atomic mass is 10.1. The number of hydrogen-bond acceptors (Lipinski definition) is 1. The van der Waals surface area contributed by atoms with Gasteiger partial charge < -0.3 is 4.74 Å². The Morgan fingerprint density at radius 2 is 1.61 bits per heavy atom. The van der Waals surface area contributed by atoms with Crippen molar-refractivity contribution >= 4 is 11.6 Å². The van der Waals surface area contributed by atoms with E-state index in [-0.39, 0.29) is 0 Å². The minimum Gasteiger partial charge on any atom is -0.457 e. The maximum Gasteiger partial charge on any atom is 0.130 e. The fraction of sp³-hybridized carbons (Fsp3) is 0.250. The van der Waals surface area contributed by atoms with Crippen LogP contribution in [0.3, 0.4) is 0 Å². The molecule has 0 N–H and O–H groups in total. The Bertz CT molecular complexity index is 561. The summed E-state index contributed by atoms with van der Waals surface area (Å²) in [5.74, 6) is 2.24. The van der Waals surface area contributed by atoms with Crippen molar-refractivity contribution in [2.75, 3.05) is 0 Å². The number of ether oxygens (including phenoxy) is 1. The molecule has 2 heteroatoms. The van der Waals surface area contributed by atoms with Gasteiger partial charge in [-0.05, 0) is 61.2 Å². The fourth-order valence-corrected chi connectivity index (χ4v) is 1.91. The van der Waals surface area contributed by atoms with Gasteiger partial charge in [-0.3, -0.25) is 0 Å². The molecule has 0 atom stereocenters. The van der Waals surface area contributed by atoms with Crippen molar-refractivity contribution in [3.05, 3.63) is 58.7 Å². The number of halogens is 1. The number of rotatable bonds is 3. The van der Waals surface area contributed by atoms with Crippen molar-refractivity contribution in [2.45, 2.75) is 26.7 Å². The van der Waals surface area contributed by atoms with E-state index >= 15 is 0 Å². The summed E-state index contributed by atoms with van der Waals surface area (Å²) in [5.41, 5.74) is 4.69. The van der Waals surface area contributed by atoms with Crippen LogP contribution in [0.4, 0.5) is 0 Å². The maximum atomic E-state index is 5.93. The molecule has 0 bridgehead atoms. The Hall–Kier alpha value is -1.47. The second-order valence-corrected chi connectivity index (χ2v) is 4.85. The zero-order chi connectivity index (χ0) is 13.1. The molecule has 0 heterocycles. The zero-order valence-electron chi connectivity index (χ0n) is 11.0. The van der Waals surface area contributed by atoms with Gasteiger partial charge >= 0.3 is 0 Å². The SMILES string of the molecule is Cc1ccc(Oc2cc(CCl)ccc2C)cc1C. The number of hydrogen-bond donors (Lipinski definition) is 0. The summed E-state index contributed by atoms with van der Waals surface area (Å²) < 4.78 is 5.93. The van der Waals surface area contributed by atoms with Crippen LogP contribution in [-0.4, -0.2) is 0 Å². The van der Waals surface area contributed by atoms with Crippen molar-refractivity contribution in [1.82, 2.24) is 0 Å². The Kier molecular flexibility index (Phi) is 3.93. The van der Waals surface area contributed by atoms with E-state index < -0.39 is 0 Å². The van der Waals surface area contributed by atoms with E-state index in [1.165, 1.54) is 11.1 Å². The van der Waals surface area contributed by atoms with Gasteiger partial charge in [0.15, 0.2) is 0 Å². The topological polar surface area (TPSA) is 9.23 Å². The third-order valence-electron chi connectivity index (χ3n) is 3.11. The quantitative estimate of drug-likeness (QED) is 0.694. The van der Waals surface area contributed by atoms with Crippen LogP contribution in [0.15, 0.2) is 36.4 Å². The van der Waals surface area contributed by atoms with Gasteiger partial charge in [-0.15, -0.1) is 11.6 Å². The first kappa shape index (κ1) is 13.0. The van der Waals surface area contributed by atoms with Gasteiger partial charge in [-0.2, -0.15) is 0 Å². The van der Waals surface area contributed by atoms with E-state index in [0.717, 1.165) is 22.6 Å². The van der Waals surface area contributed by atoms with Crippen molar-refractivity contribution in [3.63, 3.8) is 0 Å². The second-order valence-electron chi connectivity index (χ2n) is 4.58. The molecular weight excluding hydrogens is 244 g/mol. The molecule has 0 saturated carbocycles. The predicted molar refractivity (Wildman–Crippen MR) is 76.7 cm³/mol. The van der Waals surface area contributed by atoms with E-state index in [0.29, 0.717) is 5.88 Å². The van der Waals surface area contributed by atoms with Crippen LogP contribution < -0.4 is 4.74 Å². The average Bonchev–Trinajstić information content (AvgIpc) is 2.36. The first-order chi connectivity index (χ1) is 8.60. The van der Waals surface area contributed by atoms with Gasteiger partial charge in [0.2, 0.25) is 0 Å². The molecule has 2 rings (SSSR count). The van der Waals surface area contributed by atoms with Crippen molar-refractivity contribution in [2.24, 2.45) is 0 Å². The van der Waals surface area contributed by atoms with Crippen LogP contribution in [0, 0.1) is 20.8 Å². The highest BCUT2D eigenvalue weighted by Gasteiger charge is 2.04. The molecule has 18 heavy (non-hydrogen) atoms. The molecule has 0 aliphatic carbocycles. The first-order valence-electron chi connectivity index (χ1n) is 6.01. The molecule has 0 fully saturated rings. The largest absolute Gasteiger partial charge is 0.457 e. The van der Waals surface area contributed by atoms with E-state index in [1.807, 2.05) is 31.2 Å². The highest BCUT2D eigenvalue weighted by Crippen LogP contribution is 2.27. The van der Waals surface area contributed by atoms with Gasteiger partial charge in [0.05, 0.1) is 0 Å². The van der Waals surface area contributed by atoms with E-state index in [9.17, 15) is 0 Å². The normalized spacial score (nSPS) is 10.4. The van der Waals surface area contributed by atoms with E-state index in [2.05, 4.69) is 26.0 Å². The minimum absolute atomic E-state index is 0.504. The highest BCUT2D eigenvalue weighted by molar-refractivity contribution is 6.17. The number of aryl methyl sites for hydroxylation is 3. The van der Waals surface area contributed by atoms with Gasteiger partial charge in [0.1, 0.15) is 11.5 Å². The van der Waals surface area contributed by atoms with Crippen LogP contribution in [0.5, 0.6) is 11.5 Å². The highest BCUT2D eigenvalue weighted by atomic mass is 35.5. The maximum absolute atomic E-state index is 5.93. The Morgan fingerprint density at radius 1 is 0.889 bits per heavy atom. The van der Waals surface area contributed by atoms with Crippen LogP contribution in [0.1, 0.15) is 22.3 Å².